The Morgan fingerprint density at radius 2 is 1.20 bits per heavy atom. The monoisotopic (exact) mass is 593 g/mol. The summed E-state index contributed by atoms with van der Waals surface area (Å²) in [5, 5.41) is 18.4. The summed E-state index contributed by atoms with van der Waals surface area (Å²) in [5.41, 5.74) is 13.3. The summed E-state index contributed by atoms with van der Waals surface area (Å²) >= 11 is 0. The van der Waals surface area contributed by atoms with Crippen LogP contribution in [0.5, 0.6) is 0 Å². The van der Waals surface area contributed by atoms with Gasteiger partial charge in [-0.05, 0) is 127 Å². The second kappa shape index (κ2) is 14.4. The number of aliphatic carboxylic acids is 2. The van der Waals surface area contributed by atoms with E-state index in [-0.39, 0.29) is 0 Å². The largest absolute Gasteiger partial charge is 0.478 e. The molecule has 1 fully saturated rings. The lowest BCUT2D eigenvalue weighted by Gasteiger charge is -2.34. The van der Waals surface area contributed by atoms with Crippen molar-refractivity contribution < 1.29 is 19.8 Å². The third-order valence-corrected chi connectivity index (χ3v) is 8.74. The van der Waals surface area contributed by atoms with Crippen LogP contribution in [0.25, 0.3) is 22.0 Å². The fourth-order valence-electron chi connectivity index (χ4n) is 5.69. The zero-order valence-corrected chi connectivity index (χ0v) is 26.6. The lowest BCUT2D eigenvalue weighted by molar-refractivity contribution is -0.134. The number of hydrogen-bond acceptors (Lipinski definition) is 5. The van der Waals surface area contributed by atoms with Crippen molar-refractivity contribution in [1.82, 2.24) is 14.8 Å². The molecule has 1 aliphatic heterocycles. The van der Waals surface area contributed by atoms with Crippen LogP contribution in [0.4, 0.5) is 0 Å². The highest BCUT2D eigenvalue weighted by atomic mass is 16.4. The second-order valence-electron chi connectivity index (χ2n) is 11.8. The van der Waals surface area contributed by atoms with Crippen LogP contribution in [0.2, 0.25) is 0 Å². The summed E-state index contributed by atoms with van der Waals surface area (Å²) in [5.74, 6) is -2.51. The molecule has 0 unspecified atom stereocenters. The van der Waals surface area contributed by atoms with Gasteiger partial charge in [0.25, 0.3) is 0 Å². The van der Waals surface area contributed by atoms with Crippen LogP contribution in [-0.4, -0.2) is 63.1 Å². The Hall–Kier alpha value is -4.33. The topological polar surface area (TPSA) is 94.0 Å². The molecule has 0 radical (unpaired) electrons. The lowest BCUT2D eigenvalue weighted by atomic mass is 9.95. The first-order valence-corrected chi connectivity index (χ1v) is 15.0. The Balaban J connectivity index is 0.000000488. The van der Waals surface area contributed by atoms with Crippen molar-refractivity contribution in [2.24, 2.45) is 0 Å². The van der Waals surface area contributed by atoms with Crippen LogP contribution in [0.3, 0.4) is 0 Å². The molecular formula is C37H43N3O4. The van der Waals surface area contributed by atoms with Gasteiger partial charge in [0.15, 0.2) is 0 Å². The first-order chi connectivity index (χ1) is 20.9. The number of rotatable bonds is 7. The van der Waals surface area contributed by atoms with Gasteiger partial charge in [0, 0.05) is 63.2 Å². The van der Waals surface area contributed by atoms with Gasteiger partial charge in [-0.1, -0.05) is 18.2 Å². The highest BCUT2D eigenvalue weighted by Crippen LogP contribution is 2.27. The number of aryl methyl sites for hydroxylation is 4. The van der Waals surface area contributed by atoms with Gasteiger partial charge in [0.2, 0.25) is 0 Å². The molecule has 4 aromatic rings. The SMILES string of the molecule is Cc1cc(-c2cc(CN3CCN(Cc4ccc5c(C)c(C)c(C)cc5c4)CC3)ccn2)cc(C)c1C.O=C(O)/C=C\C(=O)O. The fourth-order valence-corrected chi connectivity index (χ4v) is 5.69. The van der Waals surface area contributed by atoms with Crippen molar-refractivity contribution in [2.45, 2.75) is 54.6 Å². The Morgan fingerprint density at radius 3 is 1.75 bits per heavy atom. The van der Waals surface area contributed by atoms with Gasteiger partial charge in [-0.15, -0.1) is 0 Å². The first-order valence-electron chi connectivity index (χ1n) is 15.0. The average Bonchev–Trinajstić information content (AvgIpc) is 2.99. The summed E-state index contributed by atoms with van der Waals surface area (Å²) in [4.78, 5) is 29.0. The van der Waals surface area contributed by atoms with E-state index in [0.717, 1.165) is 45.0 Å². The maximum atomic E-state index is 9.55. The van der Waals surface area contributed by atoms with E-state index >= 15 is 0 Å². The van der Waals surface area contributed by atoms with Crippen LogP contribution in [0, 0.1) is 41.5 Å². The molecule has 1 aromatic heterocycles. The normalized spacial score (nSPS) is 14.0. The molecule has 0 saturated carbocycles. The number of pyridine rings is 1. The predicted octanol–water partition coefficient (Wildman–Crippen LogP) is 6.78. The van der Waals surface area contributed by atoms with Gasteiger partial charge in [0.05, 0.1) is 5.69 Å². The van der Waals surface area contributed by atoms with E-state index < -0.39 is 11.9 Å². The number of hydrogen-bond donors (Lipinski definition) is 2. The molecule has 1 aliphatic rings. The average molecular weight is 594 g/mol. The van der Waals surface area contributed by atoms with Crippen LogP contribution in [0.1, 0.15) is 44.5 Å². The molecule has 7 nitrogen and oxygen atoms in total. The van der Waals surface area contributed by atoms with Crippen molar-refractivity contribution in [1.29, 1.82) is 0 Å². The third kappa shape index (κ3) is 8.40. The van der Waals surface area contributed by atoms with Crippen molar-refractivity contribution >= 4 is 22.7 Å². The van der Waals surface area contributed by atoms with E-state index in [9.17, 15) is 9.59 Å². The third-order valence-electron chi connectivity index (χ3n) is 8.74. The van der Waals surface area contributed by atoms with Crippen molar-refractivity contribution in [3.05, 3.63) is 111 Å². The minimum absolute atomic E-state index is 0.558. The molecule has 230 valence electrons. The van der Waals surface area contributed by atoms with Gasteiger partial charge < -0.3 is 10.2 Å². The van der Waals surface area contributed by atoms with E-state index in [1.165, 1.54) is 60.8 Å². The Labute approximate surface area is 260 Å². The molecule has 0 atom stereocenters. The zero-order valence-electron chi connectivity index (χ0n) is 26.6. The Morgan fingerprint density at radius 1 is 0.682 bits per heavy atom. The summed E-state index contributed by atoms with van der Waals surface area (Å²) < 4.78 is 0. The van der Waals surface area contributed by atoms with Crippen molar-refractivity contribution in [3.63, 3.8) is 0 Å². The molecule has 0 amide bonds. The number of carbonyl (C=O) groups is 2. The Kier molecular flexibility index (Phi) is 10.7. The number of carboxylic acids is 2. The van der Waals surface area contributed by atoms with Gasteiger partial charge in [0.1, 0.15) is 0 Å². The number of nitrogens with zero attached hydrogens (tertiary/aromatic N) is 3. The van der Waals surface area contributed by atoms with Gasteiger partial charge in [-0.3, -0.25) is 14.8 Å². The number of piperazine rings is 1. The highest BCUT2D eigenvalue weighted by Gasteiger charge is 2.18. The molecular weight excluding hydrogens is 550 g/mol. The van der Waals surface area contributed by atoms with Crippen LogP contribution in [0.15, 0.2) is 66.9 Å². The standard InChI is InChI=1S/C33H39N3.C4H4O4/c1-22-16-31(17-23(2)25(22)4)33-19-29(9-10-34-33)21-36-13-11-35(12-14-36)20-28-7-8-32-27(6)26(5)24(3)15-30(32)18-28;5-3(6)1-2-4(7)8/h7-10,15-19H,11-14,20-21H2,1-6H3;1-2H,(H,5,6)(H,7,8)/b;2-1-. The smallest absolute Gasteiger partial charge is 0.328 e. The van der Waals surface area contributed by atoms with E-state index in [1.54, 1.807) is 0 Å². The van der Waals surface area contributed by atoms with Gasteiger partial charge in [-0.2, -0.15) is 0 Å². The van der Waals surface area contributed by atoms with Gasteiger partial charge in [-0.25, -0.2) is 9.59 Å². The van der Waals surface area contributed by atoms with Gasteiger partial charge >= 0.3 is 11.9 Å². The van der Waals surface area contributed by atoms with Crippen molar-refractivity contribution in [2.75, 3.05) is 26.2 Å². The summed E-state index contributed by atoms with van der Waals surface area (Å²) in [6, 6.07) is 18.4. The lowest BCUT2D eigenvalue weighted by Crippen LogP contribution is -2.45. The molecule has 5 rings (SSSR count). The first kappa shape index (κ1) is 32.6. The molecule has 2 N–H and O–H groups in total. The number of aromatic nitrogens is 1. The van der Waals surface area contributed by atoms with Crippen molar-refractivity contribution in [3.8, 4) is 11.3 Å². The Bertz CT molecular complexity index is 1660. The molecule has 44 heavy (non-hydrogen) atoms. The number of carboxylic acid groups (broad SMARTS) is 2. The predicted molar refractivity (Wildman–Crippen MR) is 177 cm³/mol. The van der Waals surface area contributed by atoms with E-state index in [1.807, 2.05) is 6.20 Å². The minimum atomic E-state index is -1.26. The van der Waals surface area contributed by atoms with E-state index in [0.29, 0.717) is 12.2 Å². The number of benzene rings is 3. The maximum absolute atomic E-state index is 9.55. The van der Waals surface area contributed by atoms with Crippen LogP contribution < -0.4 is 0 Å². The summed E-state index contributed by atoms with van der Waals surface area (Å²) in [6.07, 6.45) is 3.08. The molecule has 0 spiro atoms. The quantitative estimate of drug-likeness (QED) is 0.228. The zero-order chi connectivity index (χ0) is 32.0. The molecule has 0 aliphatic carbocycles. The molecule has 2 heterocycles. The highest BCUT2D eigenvalue weighted by molar-refractivity contribution is 5.89. The maximum Gasteiger partial charge on any atom is 0.328 e. The second-order valence-corrected chi connectivity index (χ2v) is 11.8. The van der Waals surface area contributed by atoms with E-state index in [4.69, 9.17) is 10.2 Å². The van der Waals surface area contributed by atoms with E-state index in [2.05, 4.69) is 105 Å². The molecule has 3 aromatic carbocycles. The van der Waals surface area contributed by atoms with Crippen LogP contribution in [-0.2, 0) is 22.7 Å². The number of fused-ring (bicyclic) bond motifs is 1. The van der Waals surface area contributed by atoms with Crippen LogP contribution >= 0.6 is 0 Å². The molecule has 0 bridgehead atoms. The minimum Gasteiger partial charge on any atom is -0.478 e. The summed E-state index contributed by atoms with van der Waals surface area (Å²) in [6.45, 7) is 19.7. The molecule has 7 heteroatoms. The molecule has 1 saturated heterocycles. The summed E-state index contributed by atoms with van der Waals surface area (Å²) in [7, 11) is 0. The fraction of sp³-hybridized carbons (Fsp3) is 0.324.